The Balaban J connectivity index is 1.50. The van der Waals surface area contributed by atoms with Crippen LogP contribution in [0, 0.1) is 6.92 Å². The minimum atomic E-state index is -3.14. The number of nitrogens with zero attached hydrogens (tertiary/aromatic N) is 3. The van der Waals surface area contributed by atoms with Crippen molar-refractivity contribution in [3.05, 3.63) is 59.9 Å². The number of imidazole rings is 1. The van der Waals surface area contributed by atoms with Crippen LogP contribution in [-0.2, 0) is 10.0 Å². The van der Waals surface area contributed by atoms with Gasteiger partial charge in [0.1, 0.15) is 5.82 Å². The van der Waals surface area contributed by atoms with E-state index in [1.54, 1.807) is 12.1 Å². The first kappa shape index (κ1) is 18.6. The number of aryl methyl sites for hydroxylation is 1. The van der Waals surface area contributed by atoms with Crippen LogP contribution in [0.2, 0.25) is 0 Å². The summed E-state index contributed by atoms with van der Waals surface area (Å²) in [6.07, 6.45) is 0.649. The summed E-state index contributed by atoms with van der Waals surface area (Å²) in [6.45, 7) is 3.05. The SMILES string of the molecule is Cc1nc2cc(C(=O)NCCN3CCCS3(=O)=O)ccc2n1-c1ccccc1. The van der Waals surface area contributed by atoms with E-state index < -0.39 is 10.0 Å². The molecule has 0 spiro atoms. The zero-order chi connectivity index (χ0) is 19.7. The molecule has 1 aromatic heterocycles. The van der Waals surface area contributed by atoms with Crippen LogP contribution in [0.25, 0.3) is 16.7 Å². The summed E-state index contributed by atoms with van der Waals surface area (Å²) in [4.78, 5) is 17.1. The van der Waals surface area contributed by atoms with E-state index in [9.17, 15) is 13.2 Å². The lowest BCUT2D eigenvalue weighted by Gasteiger charge is -2.14. The van der Waals surface area contributed by atoms with Gasteiger partial charge in [-0.1, -0.05) is 18.2 Å². The fourth-order valence-corrected chi connectivity index (χ4v) is 5.11. The highest BCUT2D eigenvalue weighted by atomic mass is 32.2. The van der Waals surface area contributed by atoms with Gasteiger partial charge in [-0.3, -0.25) is 9.36 Å². The lowest BCUT2D eigenvalue weighted by Crippen LogP contribution is -2.35. The minimum absolute atomic E-state index is 0.195. The number of sulfonamides is 1. The van der Waals surface area contributed by atoms with Crippen molar-refractivity contribution in [1.82, 2.24) is 19.2 Å². The van der Waals surface area contributed by atoms with Gasteiger partial charge in [0.25, 0.3) is 5.91 Å². The highest BCUT2D eigenvalue weighted by molar-refractivity contribution is 7.89. The van der Waals surface area contributed by atoms with Gasteiger partial charge in [0.05, 0.1) is 16.8 Å². The van der Waals surface area contributed by atoms with E-state index >= 15 is 0 Å². The van der Waals surface area contributed by atoms with E-state index in [1.807, 2.05) is 43.3 Å². The first-order valence-corrected chi connectivity index (χ1v) is 10.9. The summed E-state index contributed by atoms with van der Waals surface area (Å²) >= 11 is 0. The van der Waals surface area contributed by atoms with Gasteiger partial charge in [0, 0.05) is 30.9 Å². The Labute approximate surface area is 164 Å². The van der Waals surface area contributed by atoms with Crippen molar-refractivity contribution < 1.29 is 13.2 Å². The molecule has 7 nitrogen and oxygen atoms in total. The number of hydrogen-bond acceptors (Lipinski definition) is 4. The molecule has 1 amide bonds. The molecule has 1 aliphatic rings. The van der Waals surface area contributed by atoms with Gasteiger partial charge < -0.3 is 5.32 Å². The Morgan fingerprint density at radius 1 is 1.18 bits per heavy atom. The fourth-order valence-electron chi connectivity index (χ4n) is 3.58. The Bertz CT molecular complexity index is 1120. The normalized spacial score (nSPS) is 16.5. The summed E-state index contributed by atoms with van der Waals surface area (Å²) in [6, 6.07) is 15.4. The van der Waals surface area contributed by atoms with E-state index in [0.29, 0.717) is 25.1 Å². The first-order valence-electron chi connectivity index (χ1n) is 9.26. The van der Waals surface area contributed by atoms with Gasteiger partial charge >= 0.3 is 0 Å². The number of carbonyl (C=O) groups is 1. The van der Waals surface area contributed by atoms with Gasteiger partial charge in [0.15, 0.2) is 0 Å². The molecule has 0 radical (unpaired) electrons. The van der Waals surface area contributed by atoms with Crippen molar-refractivity contribution in [2.75, 3.05) is 25.4 Å². The van der Waals surface area contributed by atoms with Crippen LogP contribution >= 0.6 is 0 Å². The van der Waals surface area contributed by atoms with Crippen molar-refractivity contribution in [3.8, 4) is 5.69 Å². The summed E-state index contributed by atoms with van der Waals surface area (Å²) < 4.78 is 27.1. The third kappa shape index (κ3) is 3.53. The maximum Gasteiger partial charge on any atom is 0.251 e. The van der Waals surface area contributed by atoms with Crippen molar-refractivity contribution in [1.29, 1.82) is 0 Å². The van der Waals surface area contributed by atoms with E-state index in [0.717, 1.165) is 22.5 Å². The number of carbonyl (C=O) groups excluding carboxylic acids is 1. The quantitative estimate of drug-likeness (QED) is 0.713. The summed E-state index contributed by atoms with van der Waals surface area (Å²) in [5, 5.41) is 2.80. The van der Waals surface area contributed by atoms with Crippen LogP contribution in [0.4, 0.5) is 0 Å². The van der Waals surface area contributed by atoms with Gasteiger partial charge in [-0.25, -0.2) is 17.7 Å². The summed E-state index contributed by atoms with van der Waals surface area (Å²) in [7, 11) is -3.14. The maximum atomic E-state index is 12.5. The number of amides is 1. The molecule has 0 bridgehead atoms. The fraction of sp³-hybridized carbons (Fsp3) is 0.300. The lowest BCUT2D eigenvalue weighted by molar-refractivity contribution is 0.0952. The zero-order valence-corrected chi connectivity index (χ0v) is 16.4. The zero-order valence-electron chi connectivity index (χ0n) is 15.6. The molecule has 2 heterocycles. The second kappa shape index (κ2) is 7.37. The van der Waals surface area contributed by atoms with Gasteiger partial charge in [-0.05, 0) is 43.7 Å². The first-order chi connectivity index (χ1) is 13.5. The van der Waals surface area contributed by atoms with E-state index in [-0.39, 0.29) is 18.2 Å². The molecule has 8 heteroatoms. The molecule has 0 atom stereocenters. The smallest absolute Gasteiger partial charge is 0.251 e. The summed E-state index contributed by atoms with van der Waals surface area (Å²) in [5.41, 5.74) is 3.21. The highest BCUT2D eigenvalue weighted by Crippen LogP contribution is 2.22. The van der Waals surface area contributed by atoms with Crippen molar-refractivity contribution in [3.63, 3.8) is 0 Å². The van der Waals surface area contributed by atoms with Crippen molar-refractivity contribution >= 4 is 27.0 Å². The molecule has 3 aromatic rings. The topological polar surface area (TPSA) is 84.3 Å². The molecule has 1 fully saturated rings. The largest absolute Gasteiger partial charge is 0.351 e. The van der Waals surface area contributed by atoms with Crippen LogP contribution in [0.5, 0.6) is 0 Å². The van der Waals surface area contributed by atoms with Crippen molar-refractivity contribution in [2.24, 2.45) is 0 Å². The molecular weight excluding hydrogens is 376 g/mol. The summed E-state index contributed by atoms with van der Waals surface area (Å²) in [5.74, 6) is 0.810. The average Bonchev–Trinajstić information content (AvgIpc) is 3.19. The molecule has 1 N–H and O–H groups in total. The molecule has 0 unspecified atom stereocenters. The molecule has 146 valence electrons. The van der Waals surface area contributed by atoms with E-state index in [4.69, 9.17) is 0 Å². The number of fused-ring (bicyclic) bond motifs is 1. The third-order valence-corrected chi connectivity index (χ3v) is 6.91. The Hall–Kier alpha value is -2.71. The molecular formula is C20H22N4O3S. The van der Waals surface area contributed by atoms with Crippen LogP contribution in [0.3, 0.4) is 0 Å². The Morgan fingerprint density at radius 2 is 1.96 bits per heavy atom. The van der Waals surface area contributed by atoms with Crippen LogP contribution in [-0.4, -0.2) is 53.6 Å². The molecule has 28 heavy (non-hydrogen) atoms. The average molecular weight is 398 g/mol. The van der Waals surface area contributed by atoms with Crippen LogP contribution < -0.4 is 5.32 Å². The minimum Gasteiger partial charge on any atom is -0.351 e. The van der Waals surface area contributed by atoms with Crippen LogP contribution in [0.1, 0.15) is 22.6 Å². The second-order valence-corrected chi connectivity index (χ2v) is 8.95. The predicted molar refractivity (Wildman–Crippen MR) is 108 cm³/mol. The second-order valence-electron chi connectivity index (χ2n) is 6.86. The Kier molecular flexibility index (Phi) is 4.91. The molecule has 2 aromatic carbocycles. The molecule has 4 rings (SSSR count). The van der Waals surface area contributed by atoms with Gasteiger partial charge in [-0.2, -0.15) is 0 Å². The number of rotatable bonds is 5. The Morgan fingerprint density at radius 3 is 2.68 bits per heavy atom. The van der Waals surface area contributed by atoms with Crippen molar-refractivity contribution in [2.45, 2.75) is 13.3 Å². The number of nitrogens with one attached hydrogen (secondary N) is 1. The van der Waals surface area contributed by atoms with Gasteiger partial charge in [-0.15, -0.1) is 0 Å². The molecule has 0 saturated carbocycles. The van der Waals surface area contributed by atoms with E-state index in [2.05, 4.69) is 14.9 Å². The highest BCUT2D eigenvalue weighted by Gasteiger charge is 2.27. The van der Waals surface area contributed by atoms with E-state index in [1.165, 1.54) is 4.31 Å². The predicted octanol–water partition coefficient (Wildman–Crippen LogP) is 2.10. The third-order valence-electron chi connectivity index (χ3n) is 4.95. The number of hydrogen-bond donors (Lipinski definition) is 1. The molecule has 1 aliphatic heterocycles. The standard InChI is InChI=1S/C20H22N4O3S/c1-15-22-18-14-16(8-9-19(18)24(15)17-6-3-2-4-7-17)20(25)21-10-12-23-11-5-13-28(23,26)27/h2-4,6-9,14H,5,10-13H2,1H3,(H,21,25). The lowest BCUT2D eigenvalue weighted by atomic mass is 10.2. The maximum absolute atomic E-state index is 12.5. The van der Waals surface area contributed by atoms with Gasteiger partial charge in [0.2, 0.25) is 10.0 Å². The number of para-hydroxylation sites is 1. The van der Waals surface area contributed by atoms with Crippen LogP contribution in [0.15, 0.2) is 48.5 Å². The number of benzene rings is 2. The number of aromatic nitrogens is 2. The monoisotopic (exact) mass is 398 g/mol. The molecule has 0 aliphatic carbocycles. The molecule has 1 saturated heterocycles.